The van der Waals surface area contributed by atoms with E-state index in [4.69, 9.17) is 11.6 Å². The average molecular weight is 268 g/mol. The van der Waals surface area contributed by atoms with E-state index in [-0.39, 0.29) is 17.1 Å². The Balaban J connectivity index is 3.17. The summed E-state index contributed by atoms with van der Waals surface area (Å²) in [7, 11) is 1.11. The molecule has 0 aromatic carbocycles. The van der Waals surface area contributed by atoms with Crippen molar-refractivity contribution in [1.82, 2.24) is 4.98 Å². The summed E-state index contributed by atoms with van der Waals surface area (Å²) in [5.41, 5.74) is -1.11. The number of aromatic nitrogens is 1. The van der Waals surface area contributed by atoms with Crippen molar-refractivity contribution >= 4 is 17.6 Å². The number of carbonyl (C=O) groups excluding carboxylic acids is 1. The first-order valence-electron chi connectivity index (χ1n) is 4.58. The normalized spacial score (nSPS) is 10.7. The number of ether oxygens (including phenoxy) is 1. The van der Waals surface area contributed by atoms with Crippen LogP contribution < -0.4 is 0 Å². The zero-order valence-electron chi connectivity index (χ0n) is 8.84. The summed E-state index contributed by atoms with van der Waals surface area (Å²) in [5, 5.41) is 0. The van der Waals surface area contributed by atoms with Crippen LogP contribution in [0.2, 0.25) is 0 Å². The lowest BCUT2D eigenvalue weighted by atomic mass is 10.1. The number of carbonyl (C=O) groups is 1. The Bertz CT molecular complexity index is 426. The maximum absolute atomic E-state index is 13.6. The Morgan fingerprint density at radius 2 is 2.24 bits per heavy atom. The third kappa shape index (κ3) is 3.33. The minimum absolute atomic E-state index is 0.115. The van der Waals surface area contributed by atoms with Gasteiger partial charge in [-0.1, -0.05) is 0 Å². The van der Waals surface area contributed by atoms with Gasteiger partial charge in [-0.3, -0.25) is 4.79 Å². The summed E-state index contributed by atoms with van der Waals surface area (Å²) in [6.45, 7) is 0. The van der Waals surface area contributed by atoms with Crippen LogP contribution in [0, 0.1) is 5.82 Å². The van der Waals surface area contributed by atoms with Crippen molar-refractivity contribution in [3.05, 3.63) is 28.8 Å². The van der Waals surface area contributed by atoms with Crippen molar-refractivity contribution in [1.29, 1.82) is 0 Å². The molecule has 94 valence electrons. The standard InChI is InChI=1S/C10H9ClF3NO2/c1-17-8(16)3-6-9(12)5(4-11)2-7(15-6)10(13)14/h2,10H,3-4H2,1H3. The van der Waals surface area contributed by atoms with Gasteiger partial charge in [-0.2, -0.15) is 0 Å². The lowest BCUT2D eigenvalue weighted by molar-refractivity contribution is -0.139. The lowest BCUT2D eigenvalue weighted by Crippen LogP contribution is -2.11. The molecule has 1 heterocycles. The van der Waals surface area contributed by atoms with Gasteiger partial charge in [0.1, 0.15) is 11.5 Å². The van der Waals surface area contributed by atoms with Gasteiger partial charge in [-0.05, 0) is 6.07 Å². The zero-order valence-corrected chi connectivity index (χ0v) is 9.60. The maximum atomic E-state index is 13.6. The molecule has 7 heteroatoms. The first kappa shape index (κ1) is 13.8. The summed E-state index contributed by atoms with van der Waals surface area (Å²) in [5.74, 6) is -1.89. The lowest BCUT2D eigenvalue weighted by Gasteiger charge is -2.08. The molecular formula is C10H9ClF3NO2. The van der Waals surface area contributed by atoms with Crippen LogP contribution in [0.3, 0.4) is 0 Å². The first-order valence-corrected chi connectivity index (χ1v) is 5.12. The van der Waals surface area contributed by atoms with E-state index in [1.54, 1.807) is 0 Å². The molecule has 0 aliphatic heterocycles. The molecule has 0 bridgehead atoms. The van der Waals surface area contributed by atoms with Crippen LogP contribution in [-0.4, -0.2) is 18.1 Å². The van der Waals surface area contributed by atoms with Crippen molar-refractivity contribution in [2.24, 2.45) is 0 Å². The van der Waals surface area contributed by atoms with Gasteiger partial charge in [0.15, 0.2) is 0 Å². The number of methoxy groups -OCH3 is 1. The number of halogens is 4. The molecule has 0 spiro atoms. The molecule has 0 radical (unpaired) electrons. The summed E-state index contributed by atoms with van der Waals surface area (Å²) in [4.78, 5) is 14.3. The van der Waals surface area contributed by atoms with Crippen molar-refractivity contribution < 1.29 is 22.7 Å². The monoisotopic (exact) mass is 267 g/mol. The van der Waals surface area contributed by atoms with Crippen LogP contribution >= 0.6 is 11.6 Å². The minimum atomic E-state index is -2.85. The fraction of sp³-hybridized carbons (Fsp3) is 0.400. The second-order valence-corrected chi connectivity index (χ2v) is 3.42. The van der Waals surface area contributed by atoms with E-state index in [1.165, 1.54) is 0 Å². The number of alkyl halides is 3. The highest BCUT2D eigenvalue weighted by molar-refractivity contribution is 6.17. The molecule has 1 aromatic heterocycles. The highest BCUT2D eigenvalue weighted by Crippen LogP contribution is 2.22. The van der Waals surface area contributed by atoms with E-state index in [2.05, 4.69) is 9.72 Å². The fourth-order valence-electron chi connectivity index (χ4n) is 1.20. The molecule has 0 saturated heterocycles. The second-order valence-electron chi connectivity index (χ2n) is 3.15. The van der Waals surface area contributed by atoms with Crippen LogP contribution in [0.1, 0.15) is 23.4 Å². The molecule has 1 aromatic rings. The smallest absolute Gasteiger partial charge is 0.311 e. The van der Waals surface area contributed by atoms with E-state index in [1.807, 2.05) is 0 Å². The average Bonchev–Trinajstić information content (AvgIpc) is 2.31. The zero-order chi connectivity index (χ0) is 13.0. The van der Waals surface area contributed by atoms with Crippen LogP contribution in [0.15, 0.2) is 6.07 Å². The molecule has 0 aliphatic rings. The van der Waals surface area contributed by atoms with Gasteiger partial charge in [0.25, 0.3) is 6.43 Å². The molecule has 0 N–H and O–H groups in total. The molecule has 3 nitrogen and oxygen atoms in total. The Hall–Kier alpha value is -1.30. The van der Waals surface area contributed by atoms with Crippen molar-refractivity contribution in [3.8, 4) is 0 Å². The summed E-state index contributed by atoms with van der Waals surface area (Å²) >= 11 is 5.42. The van der Waals surface area contributed by atoms with Gasteiger partial charge in [0, 0.05) is 5.56 Å². The number of esters is 1. The number of rotatable bonds is 4. The number of pyridine rings is 1. The van der Waals surface area contributed by atoms with Gasteiger partial charge in [-0.15, -0.1) is 11.6 Å². The fourth-order valence-corrected chi connectivity index (χ4v) is 1.39. The van der Waals surface area contributed by atoms with Gasteiger partial charge in [0.2, 0.25) is 0 Å². The Morgan fingerprint density at radius 1 is 1.59 bits per heavy atom. The highest BCUT2D eigenvalue weighted by Gasteiger charge is 2.19. The van der Waals surface area contributed by atoms with Crippen LogP contribution in [-0.2, 0) is 21.8 Å². The Labute approximate surface area is 101 Å². The van der Waals surface area contributed by atoms with Gasteiger partial charge in [-0.25, -0.2) is 18.2 Å². The van der Waals surface area contributed by atoms with Crippen LogP contribution in [0.25, 0.3) is 0 Å². The van der Waals surface area contributed by atoms with E-state index in [0.717, 1.165) is 13.2 Å². The molecule has 0 unspecified atom stereocenters. The predicted octanol–water partition coefficient (Wildman–Crippen LogP) is 2.61. The third-order valence-electron chi connectivity index (χ3n) is 2.03. The Kier molecular flexibility index (Phi) is 4.74. The minimum Gasteiger partial charge on any atom is -0.469 e. The van der Waals surface area contributed by atoms with Gasteiger partial charge >= 0.3 is 5.97 Å². The molecule has 0 amide bonds. The molecule has 17 heavy (non-hydrogen) atoms. The van der Waals surface area contributed by atoms with Gasteiger partial charge in [0.05, 0.1) is 25.1 Å². The number of hydrogen-bond donors (Lipinski definition) is 0. The summed E-state index contributed by atoms with van der Waals surface area (Å²) in [6.07, 6.45) is -3.36. The maximum Gasteiger partial charge on any atom is 0.311 e. The predicted molar refractivity (Wildman–Crippen MR) is 54.4 cm³/mol. The van der Waals surface area contributed by atoms with Gasteiger partial charge < -0.3 is 4.74 Å². The number of nitrogens with zero attached hydrogens (tertiary/aromatic N) is 1. The molecule has 1 rings (SSSR count). The molecule has 0 aliphatic carbocycles. The van der Waals surface area contributed by atoms with Crippen LogP contribution in [0.4, 0.5) is 13.2 Å². The van der Waals surface area contributed by atoms with E-state index in [9.17, 15) is 18.0 Å². The third-order valence-corrected chi connectivity index (χ3v) is 2.32. The SMILES string of the molecule is COC(=O)Cc1nc(C(F)F)cc(CCl)c1F. The highest BCUT2D eigenvalue weighted by atomic mass is 35.5. The largest absolute Gasteiger partial charge is 0.469 e. The van der Waals surface area contributed by atoms with Crippen molar-refractivity contribution in [3.63, 3.8) is 0 Å². The van der Waals surface area contributed by atoms with Crippen LogP contribution in [0.5, 0.6) is 0 Å². The quantitative estimate of drug-likeness (QED) is 0.622. The second kappa shape index (κ2) is 5.86. The van der Waals surface area contributed by atoms with E-state index < -0.39 is 30.3 Å². The van der Waals surface area contributed by atoms with Crippen molar-refractivity contribution in [2.45, 2.75) is 18.7 Å². The summed E-state index contributed by atoms with van der Waals surface area (Å²) < 4.78 is 42.9. The molecule has 0 saturated carbocycles. The summed E-state index contributed by atoms with van der Waals surface area (Å²) in [6, 6.07) is 0.883. The molecular weight excluding hydrogens is 259 g/mol. The Morgan fingerprint density at radius 3 is 2.71 bits per heavy atom. The van der Waals surface area contributed by atoms with Crippen molar-refractivity contribution in [2.75, 3.05) is 7.11 Å². The topological polar surface area (TPSA) is 39.2 Å². The van der Waals surface area contributed by atoms with E-state index in [0.29, 0.717) is 0 Å². The molecule has 0 atom stereocenters. The number of hydrogen-bond acceptors (Lipinski definition) is 3. The molecule has 0 fully saturated rings. The first-order chi connectivity index (χ1) is 7.99. The van der Waals surface area contributed by atoms with E-state index >= 15 is 0 Å².